The quantitative estimate of drug-likeness (QED) is 0.472. The van der Waals surface area contributed by atoms with E-state index in [1.807, 2.05) is 6.92 Å². The first-order chi connectivity index (χ1) is 9.82. The second-order valence-corrected chi connectivity index (χ2v) is 6.52. The van der Waals surface area contributed by atoms with Gasteiger partial charge in [-0.05, 0) is 6.92 Å². The van der Waals surface area contributed by atoms with Gasteiger partial charge in [-0.2, -0.15) is 0 Å². The highest BCUT2D eigenvalue weighted by molar-refractivity contribution is 7.32. The van der Waals surface area contributed by atoms with Gasteiger partial charge in [-0.25, -0.2) is 9.29 Å². The molecule has 2 rings (SSSR count). The summed E-state index contributed by atoms with van der Waals surface area (Å²) in [6, 6.07) is -0.304. The summed E-state index contributed by atoms with van der Waals surface area (Å²) in [5.41, 5.74) is 11.9. The van der Waals surface area contributed by atoms with Crippen molar-refractivity contribution in [3.05, 3.63) is 0 Å². The molecule has 6 N–H and O–H groups in total. The topological polar surface area (TPSA) is 123 Å². The molecule has 0 aliphatic carbocycles. The molecule has 0 amide bonds. The predicted molar refractivity (Wildman–Crippen MR) is 75.1 cm³/mol. The molecule has 21 heavy (non-hydrogen) atoms. The summed E-state index contributed by atoms with van der Waals surface area (Å²) in [7, 11) is -3.05. The largest absolute Gasteiger partial charge is 0.354 e. The first-order valence-corrected chi connectivity index (χ1v) is 8.24. The minimum atomic E-state index is -3.05. The molecule has 2 fully saturated rings. The summed E-state index contributed by atoms with van der Waals surface area (Å²) in [6.07, 6.45) is -3.08. The Morgan fingerprint density at radius 3 is 2.86 bits per heavy atom. The SMILES string of the molecule is CC(N)C1NCN([C@@H]2O[C@H](CO[PH](=O)O)[C@H](C)C2F)C1N. The van der Waals surface area contributed by atoms with Crippen molar-refractivity contribution in [2.45, 2.75) is 50.6 Å². The summed E-state index contributed by atoms with van der Waals surface area (Å²) < 4.78 is 35.4. The highest BCUT2D eigenvalue weighted by Crippen LogP contribution is 2.34. The molecule has 2 heterocycles. The monoisotopic (exact) mass is 326 g/mol. The van der Waals surface area contributed by atoms with Crippen molar-refractivity contribution in [2.75, 3.05) is 13.3 Å². The van der Waals surface area contributed by atoms with E-state index in [0.717, 1.165) is 0 Å². The van der Waals surface area contributed by atoms with E-state index in [9.17, 15) is 8.96 Å². The number of nitrogens with zero attached hydrogens (tertiary/aromatic N) is 1. The molecule has 2 aliphatic rings. The standard InChI is InChI=1S/C11H24FN4O4P/c1-5-7(3-19-21(17)18)20-11(8(5)12)16-4-15-9(6(2)13)10(16)14/h5-11,15,21H,3-4,13-14H2,1-2H3,(H,17,18)/t5-,6?,7+,8?,9?,10?,11+/m0/s1. The molecule has 0 aromatic carbocycles. The molecule has 124 valence electrons. The minimum Gasteiger partial charge on any atom is -0.354 e. The Hall–Kier alpha value is -0.120. The van der Waals surface area contributed by atoms with Gasteiger partial charge in [0.2, 0.25) is 0 Å². The Labute approximate surface area is 123 Å². The number of hydrogen-bond acceptors (Lipinski definition) is 7. The van der Waals surface area contributed by atoms with Gasteiger partial charge in [0.15, 0.2) is 0 Å². The highest BCUT2D eigenvalue weighted by atomic mass is 31.1. The Kier molecular flexibility index (Phi) is 5.72. The lowest BCUT2D eigenvalue weighted by atomic mass is 10.0. The highest BCUT2D eigenvalue weighted by Gasteiger charge is 2.49. The third kappa shape index (κ3) is 3.62. The van der Waals surface area contributed by atoms with Crippen LogP contribution < -0.4 is 16.8 Å². The summed E-state index contributed by atoms with van der Waals surface area (Å²) in [5, 5.41) is 3.15. The number of halogens is 1. The van der Waals surface area contributed by atoms with E-state index in [2.05, 4.69) is 9.84 Å². The molecule has 2 saturated heterocycles. The molecule has 0 bridgehead atoms. The molecule has 0 aromatic heterocycles. The maximum Gasteiger partial charge on any atom is 0.316 e. The average Bonchev–Trinajstić information content (AvgIpc) is 2.90. The zero-order valence-electron chi connectivity index (χ0n) is 12.1. The van der Waals surface area contributed by atoms with Gasteiger partial charge >= 0.3 is 8.25 Å². The molecule has 5 unspecified atom stereocenters. The summed E-state index contributed by atoms with van der Waals surface area (Å²) >= 11 is 0. The lowest BCUT2D eigenvalue weighted by molar-refractivity contribution is -0.0889. The first kappa shape index (κ1) is 17.2. The van der Waals surface area contributed by atoms with E-state index in [1.165, 1.54) is 0 Å². The van der Waals surface area contributed by atoms with Crippen LogP contribution in [0.25, 0.3) is 0 Å². The zero-order valence-corrected chi connectivity index (χ0v) is 13.1. The molecule has 2 aliphatic heterocycles. The molecule has 0 aromatic rings. The van der Waals surface area contributed by atoms with Crippen LogP contribution in [0.15, 0.2) is 0 Å². The van der Waals surface area contributed by atoms with Crippen LogP contribution in [0, 0.1) is 5.92 Å². The summed E-state index contributed by atoms with van der Waals surface area (Å²) in [6.45, 7) is 3.79. The van der Waals surface area contributed by atoms with Crippen molar-refractivity contribution in [1.29, 1.82) is 0 Å². The number of nitrogens with one attached hydrogen (secondary N) is 1. The van der Waals surface area contributed by atoms with Crippen LogP contribution in [0.1, 0.15) is 13.8 Å². The molecule has 0 saturated carbocycles. The van der Waals surface area contributed by atoms with E-state index < -0.39 is 38.8 Å². The fraction of sp³-hybridized carbons (Fsp3) is 1.00. The Morgan fingerprint density at radius 2 is 2.33 bits per heavy atom. The molecule has 10 heteroatoms. The third-order valence-corrected chi connectivity index (χ3v) is 4.61. The summed E-state index contributed by atoms with van der Waals surface area (Å²) in [4.78, 5) is 10.4. The molecular formula is C11H24FN4O4P. The van der Waals surface area contributed by atoms with Gasteiger partial charge in [0.25, 0.3) is 0 Å². The summed E-state index contributed by atoms with van der Waals surface area (Å²) in [5.74, 6) is -0.446. The number of hydrogen-bond donors (Lipinski definition) is 4. The lowest BCUT2D eigenvalue weighted by Gasteiger charge is -2.30. The average molecular weight is 326 g/mol. The van der Waals surface area contributed by atoms with Crippen molar-refractivity contribution >= 4 is 8.25 Å². The van der Waals surface area contributed by atoms with E-state index in [-0.39, 0.29) is 18.7 Å². The van der Waals surface area contributed by atoms with Crippen molar-refractivity contribution < 1.29 is 23.1 Å². The van der Waals surface area contributed by atoms with Crippen LogP contribution in [-0.4, -0.2) is 59.8 Å². The molecule has 8 atom stereocenters. The number of ether oxygens (including phenoxy) is 1. The van der Waals surface area contributed by atoms with Crippen LogP contribution in [0.4, 0.5) is 4.39 Å². The first-order valence-electron chi connectivity index (χ1n) is 6.98. The Bertz CT molecular complexity index is 391. The van der Waals surface area contributed by atoms with Crippen molar-refractivity contribution in [3.63, 3.8) is 0 Å². The normalized spacial score (nSPS) is 44.1. The van der Waals surface area contributed by atoms with Crippen molar-refractivity contribution in [3.8, 4) is 0 Å². The minimum absolute atomic E-state index is 0.111. The van der Waals surface area contributed by atoms with E-state index >= 15 is 0 Å². The van der Waals surface area contributed by atoms with E-state index in [4.69, 9.17) is 21.1 Å². The smallest absolute Gasteiger partial charge is 0.316 e. The van der Waals surface area contributed by atoms with Crippen LogP contribution in [0.5, 0.6) is 0 Å². The number of nitrogens with two attached hydrogens (primary N) is 2. The Morgan fingerprint density at radius 1 is 1.67 bits per heavy atom. The van der Waals surface area contributed by atoms with Crippen LogP contribution in [-0.2, 0) is 13.8 Å². The number of alkyl halides is 1. The van der Waals surface area contributed by atoms with Crippen LogP contribution in [0.3, 0.4) is 0 Å². The molecule has 0 spiro atoms. The predicted octanol–water partition coefficient (Wildman–Crippen LogP) is -1.05. The van der Waals surface area contributed by atoms with Gasteiger partial charge in [0.1, 0.15) is 12.4 Å². The second-order valence-electron chi connectivity index (χ2n) is 5.70. The maximum atomic E-state index is 14.4. The fourth-order valence-corrected chi connectivity index (χ4v) is 3.16. The number of rotatable bonds is 5. The maximum absolute atomic E-state index is 14.4. The van der Waals surface area contributed by atoms with E-state index in [1.54, 1.807) is 11.8 Å². The fourth-order valence-electron chi connectivity index (χ4n) is 2.85. The van der Waals surface area contributed by atoms with Gasteiger partial charge in [-0.15, -0.1) is 0 Å². The second kappa shape index (κ2) is 6.97. The molecule has 8 nitrogen and oxygen atoms in total. The third-order valence-electron chi connectivity index (χ3n) is 4.20. The van der Waals surface area contributed by atoms with Crippen LogP contribution in [0.2, 0.25) is 0 Å². The lowest BCUT2D eigenvalue weighted by Crippen LogP contribution is -2.55. The van der Waals surface area contributed by atoms with Gasteiger partial charge in [-0.1, -0.05) is 6.92 Å². The van der Waals surface area contributed by atoms with Crippen molar-refractivity contribution in [1.82, 2.24) is 10.2 Å². The molecule has 0 radical (unpaired) electrons. The van der Waals surface area contributed by atoms with Crippen LogP contribution >= 0.6 is 8.25 Å². The van der Waals surface area contributed by atoms with E-state index in [0.29, 0.717) is 6.67 Å². The zero-order chi connectivity index (χ0) is 15.7. The van der Waals surface area contributed by atoms with Gasteiger partial charge in [0.05, 0.1) is 31.6 Å². The van der Waals surface area contributed by atoms with Gasteiger partial charge in [0, 0.05) is 12.0 Å². The Balaban J connectivity index is 1.99. The molecular weight excluding hydrogens is 302 g/mol. The van der Waals surface area contributed by atoms with Gasteiger partial charge in [-0.3, -0.25) is 9.88 Å². The van der Waals surface area contributed by atoms with Crippen molar-refractivity contribution in [2.24, 2.45) is 17.4 Å². The van der Waals surface area contributed by atoms with Gasteiger partial charge < -0.3 is 25.6 Å².